The van der Waals surface area contributed by atoms with Crippen molar-refractivity contribution in [2.45, 2.75) is 6.42 Å². The van der Waals surface area contributed by atoms with Gasteiger partial charge in [0.25, 0.3) is 0 Å². The summed E-state index contributed by atoms with van der Waals surface area (Å²) in [6.07, 6.45) is 0.486. The van der Waals surface area contributed by atoms with Crippen molar-refractivity contribution in [2.75, 3.05) is 6.67 Å². The Balaban J connectivity index is 2.81. The van der Waals surface area contributed by atoms with E-state index >= 15 is 0 Å². The van der Waals surface area contributed by atoms with Crippen LogP contribution < -0.4 is 0 Å². The van der Waals surface area contributed by atoms with Gasteiger partial charge < -0.3 is 0 Å². The summed E-state index contributed by atoms with van der Waals surface area (Å²) in [6, 6.07) is 7.61. The molecule has 0 unspecified atom stereocenters. The maximum Gasteiger partial charge on any atom is 0.0934 e. The maximum atomic E-state index is 11.8. The Hall–Kier alpha value is -0.850. The van der Waals surface area contributed by atoms with Gasteiger partial charge in [0, 0.05) is 6.42 Å². The van der Waals surface area contributed by atoms with Crippen molar-refractivity contribution < 1.29 is 4.39 Å². The lowest BCUT2D eigenvalue weighted by molar-refractivity contribution is 0.495. The zero-order valence-corrected chi connectivity index (χ0v) is 5.81. The van der Waals surface area contributed by atoms with Gasteiger partial charge in [-0.2, -0.15) is 0 Å². The van der Waals surface area contributed by atoms with E-state index in [1.54, 1.807) is 0 Å². The summed E-state index contributed by atoms with van der Waals surface area (Å²) < 4.78 is 11.8. The molecule has 0 heterocycles. The van der Waals surface area contributed by atoms with Crippen LogP contribution in [0.4, 0.5) is 4.39 Å². The minimum atomic E-state index is -0.299. The van der Waals surface area contributed by atoms with E-state index in [4.69, 9.17) is 0 Å². The monoisotopic (exact) mass is 137 g/mol. The molecular formula is C9H10F. The molecule has 0 amide bonds. The molecule has 0 fully saturated rings. The molecule has 0 N–H and O–H groups in total. The van der Waals surface area contributed by atoms with Crippen LogP contribution in [-0.4, -0.2) is 6.67 Å². The summed E-state index contributed by atoms with van der Waals surface area (Å²) in [5.41, 5.74) is 1.94. The Kier molecular flexibility index (Phi) is 2.43. The third kappa shape index (κ3) is 1.56. The molecule has 0 nitrogen and oxygen atoms in total. The number of rotatable bonds is 2. The molecule has 1 aromatic rings. The molecule has 0 bridgehead atoms. The summed E-state index contributed by atoms with van der Waals surface area (Å²) in [5, 5.41) is 0. The topological polar surface area (TPSA) is 0 Å². The van der Waals surface area contributed by atoms with E-state index in [2.05, 4.69) is 6.92 Å². The number of hydrogen-bond acceptors (Lipinski definition) is 0. The fourth-order valence-electron chi connectivity index (χ4n) is 0.903. The fraction of sp³-hybridized carbons (Fsp3) is 0.222. The van der Waals surface area contributed by atoms with E-state index in [9.17, 15) is 4.39 Å². The predicted octanol–water partition coefficient (Wildman–Crippen LogP) is 2.38. The highest BCUT2D eigenvalue weighted by Gasteiger charge is 1.93. The van der Waals surface area contributed by atoms with Crippen LogP contribution in [0.25, 0.3) is 0 Å². The molecule has 1 rings (SSSR count). The lowest BCUT2D eigenvalue weighted by Crippen LogP contribution is -1.89. The standard InChI is InChI=1S/C9H10F/c1-8-4-2-3-5-9(8)6-7-10/h2-5H,1,6-7H2. The van der Waals surface area contributed by atoms with E-state index in [1.807, 2.05) is 24.3 Å². The van der Waals surface area contributed by atoms with Gasteiger partial charge in [-0.3, -0.25) is 4.39 Å². The van der Waals surface area contributed by atoms with Crippen molar-refractivity contribution in [3.63, 3.8) is 0 Å². The number of benzene rings is 1. The summed E-state index contributed by atoms with van der Waals surface area (Å²) in [4.78, 5) is 0. The number of halogens is 1. The highest BCUT2D eigenvalue weighted by atomic mass is 19.1. The fourth-order valence-corrected chi connectivity index (χ4v) is 0.903. The van der Waals surface area contributed by atoms with E-state index < -0.39 is 0 Å². The minimum Gasteiger partial charge on any atom is -0.251 e. The first-order valence-electron chi connectivity index (χ1n) is 3.30. The predicted molar refractivity (Wildman–Crippen MR) is 40.6 cm³/mol. The van der Waals surface area contributed by atoms with Gasteiger partial charge in [-0.05, 0) is 18.1 Å². The molecular weight excluding hydrogens is 127 g/mol. The highest BCUT2D eigenvalue weighted by molar-refractivity contribution is 5.29. The second-order valence-electron chi connectivity index (χ2n) is 2.21. The molecule has 1 aromatic carbocycles. The molecule has 10 heavy (non-hydrogen) atoms. The molecule has 0 aromatic heterocycles. The molecule has 0 saturated carbocycles. The number of hydrogen-bond donors (Lipinski definition) is 0. The summed E-state index contributed by atoms with van der Waals surface area (Å²) in [5.74, 6) is 0. The van der Waals surface area contributed by atoms with Gasteiger partial charge in [-0.1, -0.05) is 24.3 Å². The molecule has 0 spiro atoms. The van der Waals surface area contributed by atoms with Crippen LogP contribution >= 0.6 is 0 Å². The van der Waals surface area contributed by atoms with Crippen molar-refractivity contribution in [2.24, 2.45) is 0 Å². The lowest BCUT2D eigenvalue weighted by Gasteiger charge is -1.99. The van der Waals surface area contributed by atoms with Crippen molar-refractivity contribution in [1.29, 1.82) is 0 Å². The first kappa shape index (κ1) is 7.26. The third-order valence-corrected chi connectivity index (χ3v) is 1.48. The van der Waals surface area contributed by atoms with E-state index in [1.165, 1.54) is 0 Å². The normalized spacial score (nSPS) is 9.80. The molecule has 0 atom stereocenters. The van der Waals surface area contributed by atoms with Gasteiger partial charge in [0.1, 0.15) is 0 Å². The maximum absolute atomic E-state index is 11.8. The third-order valence-electron chi connectivity index (χ3n) is 1.48. The van der Waals surface area contributed by atoms with Gasteiger partial charge in [0.2, 0.25) is 0 Å². The average molecular weight is 137 g/mol. The second-order valence-corrected chi connectivity index (χ2v) is 2.21. The molecule has 0 aliphatic carbocycles. The van der Waals surface area contributed by atoms with Crippen LogP contribution in [0.15, 0.2) is 24.3 Å². The second kappa shape index (κ2) is 3.35. The van der Waals surface area contributed by atoms with E-state index in [0.29, 0.717) is 6.42 Å². The van der Waals surface area contributed by atoms with Crippen LogP contribution in [-0.2, 0) is 6.42 Å². The van der Waals surface area contributed by atoms with Crippen molar-refractivity contribution >= 4 is 0 Å². The molecule has 0 aliphatic rings. The molecule has 53 valence electrons. The SMILES string of the molecule is [CH2]c1ccccc1CCF. The van der Waals surface area contributed by atoms with E-state index in [0.717, 1.165) is 11.1 Å². The van der Waals surface area contributed by atoms with Gasteiger partial charge >= 0.3 is 0 Å². The highest BCUT2D eigenvalue weighted by Crippen LogP contribution is 2.06. The van der Waals surface area contributed by atoms with Gasteiger partial charge in [-0.25, -0.2) is 0 Å². The van der Waals surface area contributed by atoms with Gasteiger partial charge in [0.05, 0.1) is 6.67 Å². The molecule has 0 saturated heterocycles. The summed E-state index contributed by atoms with van der Waals surface area (Å²) >= 11 is 0. The van der Waals surface area contributed by atoms with Gasteiger partial charge in [-0.15, -0.1) is 0 Å². The molecule has 1 heteroatoms. The Bertz CT molecular complexity index is 206. The largest absolute Gasteiger partial charge is 0.251 e. The van der Waals surface area contributed by atoms with Crippen molar-refractivity contribution in [3.05, 3.63) is 42.3 Å². The van der Waals surface area contributed by atoms with Crippen LogP contribution in [0, 0.1) is 6.92 Å². The number of alkyl halides is 1. The quantitative estimate of drug-likeness (QED) is 0.587. The Labute approximate surface area is 60.7 Å². The molecule has 1 radical (unpaired) electrons. The Morgan fingerprint density at radius 1 is 1.30 bits per heavy atom. The first-order valence-corrected chi connectivity index (χ1v) is 3.30. The van der Waals surface area contributed by atoms with Crippen LogP contribution in [0.5, 0.6) is 0 Å². The van der Waals surface area contributed by atoms with Gasteiger partial charge in [0.15, 0.2) is 0 Å². The smallest absolute Gasteiger partial charge is 0.0934 e. The minimum absolute atomic E-state index is 0.299. The first-order chi connectivity index (χ1) is 4.84. The lowest BCUT2D eigenvalue weighted by atomic mass is 10.1. The van der Waals surface area contributed by atoms with Crippen LogP contribution in [0.2, 0.25) is 0 Å². The van der Waals surface area contributed by atoms with Crippen LogP contribution in [0.3, 0.4) is 0 Å². The molecule has 0 aliphatic heterocycles. The zero-order chi connectivity index (χ0) is 7.40. The summed E-state index contributed by atoms with van der Waals surface area (Å²) in [6.45, 7) is 3.47. The Morgan fingerprint density at radius 2 is 2.00 bits per heavy atom. The summed E-state index contributed by atoms with van der Waals surface area (Å²) in [7, 11) is 0. The Morgan fingerprint density at radius 3 is 2.60 bits per heavy atom. The zero-order valence-electron chi connectivity index (χ0n) is 5.81. The number of aryl methyl sites for hydroxylation is 1. The van der Waals surface area contributed by atoms with Crippen molar-refractivity contribution in [3.8, 4) is 0 Å². The average Bonchev–Trinajstić information content (AvgIpc) is 1.94. The van der Waals surface area contributed by atoms with Crippen LogP contribution in [0.1, 0.15) is 11.1 Å². The van der Waals surface area contributed by atoms with Crippen molar-refractivity contribution in [1.82, 2.24) is 0 Å². The van der Waals surface area contributed by atoms with E-state index in [-0.39, 0.29) is 6.67 Å².